The molecule has 1 atom stereocenters. The summed E-state index contributed by atoms with van der Waals surface area (Å²) in [7, 11) is 0. The zero-order valence-electron chi connectivity index (χ0n) is 11.5. The minimum absolute atomic E-state index is 0.0761. The van der Waals surface area contributed by atoms with E-state index in [9.17, 15) is 4.79 Å². The Hall–Kier alpha value is -1.07. The van der Waals surface area contributed by atoms with Gasteiger partial charge in [0.2, 0.25) is 5.91 Å². The molecule has 2 heterocycles. The third-order valence-electron chi connectivity index (χ3n) is 4.07. The third-order valence-corrected chi connectivity index (χ3v) is 4.56. The van der Waals surface area contributed by atoms with Crippen LogP contribution in [0.2, 0.25) is 0 Å². The van der Waals surface area contributed by atoms with Crippen LogP contribution in [0.25, 0.3) is 0 Å². The quantitative estimate of drug-likeness (QED) is 0.891. The van der Waals surface area contributed by atoms with E-state index in [-0.39, 0.29) is 5.91 Å². The van der Waals surface area contributed by atoms with Gasteiger partial charge in [-0.25, -0.2) is 0 Å². The molecule has 1 aromatic rings. The molecule has 2 aliphatic rings. The van der Waals surface area contributed by atoms with Gasteiger partial charge < -0.3 is 15.5 Å². The van der Waals surface area contributed by atoms with Crippen LogP contribution in [-0.2, 0) is 4.79 Å². The van der Waals surface area contributed by atoms with Crippen molar-refractivity contribution >= 4 is 33.2 Å². The molecule has 0 radical (unpaired) electrons. The maximum atomic E-state index is 11.8. The van der Waals surface area contributed by atoms with Crippen molar-refractivity contribution in [3.63, 3.8) is 0 Å². The summed E-state index contributed by atoms with van der Waals surface area (Å²) in [6.45, 7) is 2.52. The molecule has 0 spiro atoms. The van der Waals surface area contributed by atoms with E-state index in [0.29, 0.717) is 12.6 Å². The van der Waals surface area contributed by atoms with Gasteiger partial charge in [0.25, 0.3) is 0 Å². The number of halogens is 1. The predicted octanol–water partition coefficient (Wildman–Crippen LogP) is 2.74. The first-order chi connectivity index (χ1) is 9.72. The molecule has 3 rings (SSSR count). The summed E-state index contributed by atoms with van der Waals surface area (Å²) in [6.07, 6.45) is 4.97. The molecule has 5 heteroatoms. The van der Waals surface area contributed by atoms with Crippen LogP contribution in [0.4, 0.5) is 11.4 Å². The van der Waals surface area contributed by atoms with E-state index in [1.165, 1.54) is 19.3 Å². The van der Waals surface area contributed by atoms with Gasteiger partial charge >= 0.3 is 0 Å². The van der Waals surface area contributed by atoms with Gasteiger partial charge in [-0.3, -0.25) is 4.79 Å². The van der Waals surface area contributed by atoms with E-state index in [1.807, 2.05) is 12.1 Å². The summed E-state index contributed by atoms with van der Waals surface area (Å²) in [6, 6.07) is 6.68. The summed E-state index contributed by atoms with van der Waals surface area (Å²) in [4.78, 5) is 14.0. The van der Waals surface area contributed by atoms with Gasteiger partial charge in [0, 0.05) is 17.1 Å². The number of amides is 1. The van der Waals surface area contributed by atoms with Crippen LogP contribution < -0.4 is 15.5 Å². The molecule has 2 aliphatic heterocycles. The van der Waals surface area contributed by atoms with Crippen LogP contribution in [0.15, 0.2) is 22.7 Å². The van der Waals surface area contributed by atoms with Crippen molar-refractivity contribution in [3.05, 3.63) is 22.7 Å². The normalized spacial score (nSPS) is 22.4. The van der Waals surface area contributed by atoms with E-state index in [1.54, 1.807) is 0 Å². The number of carbonyl (C=O) groups is 1. The molecule has 20 heavy (non-hydrogen) atoms. The van der Waals surface area contributed by atoms with E-state index < -0.39 is 0 Å². The standard InChI is InChI=1S/C15H20BrN3O/c16-11-4-5-14-13(9-11)18-15(20)10-19(14)8-6-12-3-1-2-7-17-12/h4-5,9,12,17H,1-3,6-8,10H2,(H,18,20). The monoisotopic (exact) mass is 337 g/mol. The SMILES string of the molecule is O=C1CN(CCC2CCCCN2)c2ccc(Br)cc2N1. The fourth-order valence-electron chi connectivity index (χ4n) is 3.01. The fraction of sp³-hybridized carbons (Fsp3) is 0.533. The fourth-order valence-corrected chi connectivity index (χ4v) is 3.38. The molecule has 1 unspecified atom stereocenters. The Labute approximate surface area is 128 Å². The smallest absolute Gasteiger partial charge is 0.243 e. The van der Waals surface area contributed by atoms with Gasteiger partial charge in [0.05, 0.1) is 17.9 Å². The molecule has 0 saturated carbocycles. The van der Waals surface area contributed by atoms with Gasteiger partial charge in [-0.1, -0.05) is 22.4 Å². The third kappa shape index (κ3) is 3.15. The summed E-state index contributed by atoms with van der Waals surface area (Å²) in [5.74, 6) is 0.0761. The summed E-state index contributed by atoms with van der Waals surface area (Å²) >= 11 is 3.45. The van der Waals surface area contributed by atoms with Gasteiger partial charge in [0.15, 0.2) is 0 Å². The average molecular weight is 338 g/mol. The summed E-state index contributed by atoms with van der Waals surface area (Å²) in [5.41, 5.74) is 2.04. The zero-order chi connectivity index (χ0) is 13.9. The number of nitrogens with zero attached hydrogens (tertiary/aromatic N) is 1. The molecule has 1 fully saturated rings. The molecular weight excluding hydrogens is 318 g/mol. The number of rotatable bonds is 3. The Kier molecular flexibility index (Phi) is 4.27. The number of fused-ring (bicyclic) bond motifs is 1. The van der Waals surface area contributed by atoms with Gasteiger partial charge in [0.1, 0.15) is 0 Å². The van der Waals surface area contributed by atoms with Crippen LogP contribution in [0.1, 0.15) is 25.7 Å². The Bertz CT molecular complexity index is 500. The molecule has 108 valence electrons. The maximum Gasteiger partial charge on any atom is 0.243 e. The van der Waals surface area contributed by atoms with Crippen LogP contribution in [0.5, 0.6) is 0 Å². The summed E-state index contributed by atoms with van der Waals surface area (Å²) < 4.78 is 0.993. The lowest BCUT2D eigenvalue weighted by Crippen LogP contribution is -2.42. The molecule has 1 saturated heterocycles. The first-order valence-corrected chi connectivity index (χ1v) is 8.09. The lowest BCUT2D eigenvalue weighted by atomic mass is 10.0. The van der Waals surface area contributed by atoms with Crippen molar-refractivity contribution in [2.75, 3.05) is 29.9 Å². The van der Waals surface area contributed by atoms with Crippen molar-refractivity contribution < 1.29 is 4.79 Å². The molecule has 0 aliphatic carbocycles. The van der Waals surface area contributed by atoms with Crippen molar-refractivity contribution in [2.24, 2.45) is 0 Å². The van der Waals surface area contributed by atoms with Crippen LogP contribution in [0.3, 0.4) is 0 Å². The number of benzene rings is 1. The molecule has 4 nitrogen and oxygen atoms in total. The topological polar surface area (TPSA) is 44.4 Å². The van der Waals surface area contributed by atoms with Gasteiger partial charge in [-0.2, -0.15) is 0 Å². The second-order valence-electron chi connectivity index (χ2n) is 5.57. The lowest BCUT2D eigenvalue weighted by Gasteiger charge is -2.33. The predicted molar refractivity (Wildman–Crippen MR) is 85.2 cm³/mol. The van der Waals surface area contributed by atoms with E-state index in [0.717, 1.165) is 35.4 Å². The van der Waals surface area contributed by atoms with Gasteiger partial charge in [-0.15, -0.1) is 0 Å². The molecule has 1 aromatic carbocycles. The number of anilines is 2. The second kappa shape index (κ2) is 6.14. The van der Waals surface area contributed by atoms with E-state index in [2.05, 4.69) is 37.5 Å². The molecule has 0 bridgehead atoms. The van der Waals surface area contributed by atoms with Crippen LogP contribution in [0, 0.1) is 0 Å². The number of hydrogen-bond acceptors (Lipinski definition) is 3. The van der Waals surface area contributed by atoms with Crippen molar-refractivity contribution in [3.8, 4) is 0 Å². The second-order valence-corrected chi connectivity index (χ2v) is 6.48. The highest BCUT2D eigenvalue weighted by Gasteiger charge is 2.23. The van der Waals surface area contributed by atoms with Gasteiger partial charge in [-0.05, 0) is 44.0 Å². The number of carbonyl (C=O) groups excluding carboxylic acids is 1. The first kappa shape index (κ1) is 13.9. The van der Waals surface area contributed by atoms with Crippen LogP contribution >= 0.6 is 15.9 Å². The average Bonchev–Trinajstić information content (AvgIpc) is 2.45. The maximum absolute atomic E-state index is 11.8. The first-order valence-electron chi connectivity index (χ1n) is 7.30. The summed E-state index contributed by atoms with van der Waals surface area (Å²) in [5, 5.41) is 6.51. The van der Waals surface area contributed by atoms with Crippen molar-refractivity contribution in [1.29, 1.82) is 0 Å². The highest BCUT2D eigenvalue weighted by atomic mass is 79.9. The number of nitrogens with one attached hydrogen (secondary N) is 2. The Morgan fingerprint density at radius 2 is 2.25 bits per heavy atom. The van der Waals surface area contributed by atoms with E-state index in [4.69, 9.17) is 0 Å². The molecule has 2 N–H and O–H groups in total. The minimum Gasteiger partial charge on any atom is -0.360 e. The zero-order valence-corrected chi connectivity index (χ0v) is 13.1. The van der Waals surface area contributed by atoms with Crippen molar-refractivity contribution in [2.45, 2.75) is 31.7 Å². The molecular formula is C15H20BrN3O. The number of hydrogen-bond donors (Lipinski definition) is 2. The van der Waals surface area contributed by atoms with E-state index >= 15 is 0 Å². The Balaban J connectivity index is 1.68. The highest BCUT2D eigenvalue weighted by Crippen LogP contribution is 2.32. The molecule has 1 amide bonds. The number of piperidine rings is 1. The van der Waals surface area contributed by atoms with Crippen molar-refractivity contribution in [1.82, 2.24) is 5.32 Å². The molecule has 0 aromatic heterocycles. The minimum atomic E-state index is 0.0761. The largest absolute Gasteiger partial charge is 0.360 e. The lowest BCUT2D eigenvalue weighted by molar-refractivity contribution is -0.115. The highest BCUT2D eigenvalue weighted by molar-refractivity contribution is 9.10. The Morgan fingerprint density at radius 3 is 3.05 bits per heavy atom. The van der Waals surface area contributed by atoms with Crippen LogP contribution in [-0.4, -0.2) is 31.6 Å². The Morgan fingerprint density at radius 1 is 1.35 bits per heavy atom.